The molecule has 94 valence electrons. The van der Waals surface area contributed by atoms with Crippen molar-refractivity contribution in [2.75, 3.05) is 0 Å². The molecule has 2 atom stereocenters. The molecule has 0 unspecified atom stereocenters. The molecular formula is C14H21NOS. The molecule has 0 N–H and O–H groups in total. The summed E-state index contributed by atoms with van der Waals surface area (Å²) in [7, 11) is 0. The topological polar surface area (TPSA) is 20.3 Å². The Labute approximate surface area is 108 Å². The van der Waals surface area contributed by atoms with Gasteiger partial charge in [-0.3, -0.25) is 4.79 Å². The molecule has 2 aliphatic rings. The smallest absolute Gasteiger partial charge is 0.235 e. The first-order valence-electron chi connectivity index (χ1n) is 6.08. The van der Waals surface area contributed by atoms with Crippen LogP contribution in [0.4, 0.5) is 0 Å². The first-order valence-corrected chi connectivity index (χ1v) is 7.02. The van der Waals surface area contributed by atoms with E-state index in [9.17, 15) is 4.79 Å². The molecule has 2 nitrogen and oxygen atoms in total. The summed E-state index contributed by atoms with van der Waals surface area (Å²) in [4.78, 5) is 14.5. The van der Waals surface area contributed by atoms with Gasteiger partial charge in [0.25, 0.3) is 0 Å². The third-order valence-electron chi connectivity index (χ3n) is 3.47. The largest absolute Gasteiger partial charge is 0.314 e. The second-order valence-electron chi connectivity index (χ2n) is 6.43. The molecule has 0 bridgehead atoms. The number of nitrogens with zero attached hydrogens (tertiary/aromatic N) is 1. The van der Waals surface area contributed by atoms with Gasteiger partial charge in [-0.25, -0.2) is 0 Å². The van der Waals surface area contributed by atoms with E-state index in [-0.39, 0.29) is 22.8 Å². The van der Waals surface area contributed by atoms with Crippen molar-refractivity contribution in [3.05, 3.63) is 23.8 Å². The first-order chi connectivity index (χ1) is 7.73. The number of thioether (sulfide) groups is 1. The summed E-state index contributed by atoms with van der Waals surface area (Å²) in [5, 5.41) is 2.41. The minimum absolute atomic E-state index is 0.0178. The van der Waals surface area contributed by atoms with E-state index in [0.29, 0.717) is 5.25 Å². The second-order valence-corrected chi connectivity index (χ2v) is 7.48. The lowest BCUT2D eigenvalue weighted by Crippen LogP contribution is -2.45. The molecule has 2 aliphatic heterocycles. The number of rotatable bonds is 0. The summed E-state index contributed by atoms with van der Waals surface area (Å²) >= 11 is 1.78. The molecule has 0 saturated carbocycles. The van der Waals surface area contributed by atoms with Gasteiger partial charge in [-0.1, -0.05) is 26.0 Å². The minimum atomic E-state index is -0.153. The monoisotopic (exact) mass is 251 g/mol. The van der Waals surface area contributed by atoms with Crippen LogP contribution in [0.2, 0.25) is 0 Å². The maximum Gasteiger partial charge on any atom is 0.235 e. The van der Waals surface area contributed by atoms with E-state index in [1.165, 1.54) is 0 Å². The summed E-state index contributed by atoms with van der Waals surface area (Å²) in [5.74, 6) is 0.245. The molecule has 0 fully saturated rings. The van der Waals surface area contributed by atoms with Crippen LogP contribution in [0.15, 0.2) is 23.8 Å². The third kappa shape index (κ3) is 2.17. The summed E-state index contributed by atoms with van der Waals surface area (Å²) in [6, 6.07) is 0. The van der Waals surface area contributed by atoms with Crippen LogP contribution in [0.25, 0.3) is 0 Å². The Balaban J connectivity index is 2.41. The highest BCUT2D eigenvalue weighted by Crippen LogP contribution is 2.45. The number of hydrogen-bond donors (Lipinski definition) is 0. The SMILES string of the molecule is CC1(C)C=CN(C(C)(C)C)C(=O)[C@H]2C=CS[C@H]21. The number of amides is 1. The van der Waals surface area contributed by atoms with Crippen LogP contribution in [0, 0.1) is 11.3 Å². The van der Waals surface area contributed by atoms with Gasteiger partial charge in [-0.2, -0.15) is 0 Å². The standard InChI is InChI=1S/C14H21NOS/c1-13(2,3)15-8-7-14(4,5)11-10(12(15)16)6-9-17-11/h6-11H,1-5H3/t10-,11+/m0/s1. The number of hydrogen-bond acceptors (Lipinski definition) is 2. The normalized spacial score (nSPS) is 31.6. The molecule has 3 heteroatoms. The van der Waals surface area contributed by atoms with Crippen LogP contribution in [-0.4, -0.2) is 21.6 Å². The van der Waals surface area contributed by atoms with E-state index < -0.39 is 0 Å². The highest BCUT2D eigenvalue weighted by molar-refractivity contribution is 8.03. The van der Waals surface area contributed by atoms with Gasteiger partial charge in [-0.15, -0.1) is 11.8 Å². The van der Waals surface area contributed by atoms with Crippen LogP contribution < -0.4 is 0 Å². The Morgan fingerprint density at radius 2 is 2.00 bits per heavy atom. The highest BCUT2D eigenvalue weighted by Gasteiger charge is 2.44. The van der Waals surface area contributed by atoms with Crippen LogP contribution in [0.1, 0.15) is 34.6 Å². The Morgan fingerprint density at radius 3 is 2.59 bits per heavy atom. The fraction of sp³-hybridized carbons (Fsp3) is 0.643. The van der Waals surface area contributed by atoms with Gasteiger partial charge in [0, 0.05) is 17.0 Å². The Kier molecular flexibility index (Phi) is 2.93. The molecule has 2 heterocycles. The molecule has 0 saturated heterocycles. The molecule has 0 aliphatic carbocycles. The van der Waals surface area contributed by atoms with Crippen molar-refractivity contribution < 1.29 is 4.79 Å². The maximum absolute atomic E-state index is 12.6. The molecule has 0 aromatic carbocycles. The molecular weight excluding hydrogens is 230 g/mol. The zero-order valence-corrected chi connectivity index (χ0v) is 12.0. The quantitative estimate of drug-likeness (QED) is 0.657. The minimum Gasteiger partial charge on any atom is -0.314 e. The zero-order chi connectivity index (χ0) is 12.8. The van der Waals surface area contributed by atoms with E-state index in [1.54, 1.807) is 11.8 Å². The number of allylic oxidation sites excluding steroid dienone is 1. The van der Waals surface area contributed by atoms with Crippen LogP contribution in [0.3, 0.4) is 0 Å². The molecule has 1 amide bonds. The summed E-state index contributed by atoms with van der Waals surface area (Å²) < 4.78 is 0. The van der Waals surface area contributed by atoms with Crippen molar-refractivity contribution in [2.24, 2.45) is 11.3 Å². The van der Waals surface area contributed by atoms with Crippen molar-refractivity contribution in [3.63, 3.8) is 0 Å². The number of fused-ring (bicyclic) bond motifs is 1. The average molecular weight is 251 g/mol. The van der Waals surface area contributed by atoms with Crippen LogP contribution >= 0.6 is 11.8 Å². The van der Waals surface area contributed by atoms with Crippen LogP contribution in [0.5, 0.6) is 0 Å². The van der Waals surface area contributed by atoms with Crippen molar-refractivity contribution in [1.82, 2.24) is 4.90 Å². The summed E-state index contributed by atoms with van der Waals surface area (Å²) in [6.45, 7) is 10.7. The Hall–Kier alpha value is -0.700. The average Bonchev–Trinajstić information content (AvgIpc) is 2.60. The molecule has 0 radical (unpaired) electrons. The lowest BCUT2D eigenvalue weighted by Gasteiger charge is -2.34. The summed E-state index contributed by atoms with van der Waals surface area (Å²) in [5.41, 5.74) is -0.103. The molecule has 0 aromatic heterocycles. The Morgan fingerprint density at radius 1 is 1.35 bits per heavy atom. The maximum atomic E-state index is 12.6. The predicted molar refractivity (Wildman–Crippen MR) is 73.5 cm³/mol. The number of carbonyl (C=O) groups is 1. The van der Waals surface area contributed by atoms with Gasteiger partial charge in [0.2, 0.25) is 5.91 Å². The van der Waals surface area contributed by atoms with Gasteiger partial charge in [-0.05, 0) is 31.6 Å². The summed E-state index contributed by atoms with van der Waals surface area (Å²) in [6.07, 6.45) is 6.22. The van der Waals surface area contributed by atoms with E-state index in [0.717, 1.165) is 0 Å². The van der Waals surface area contributed by atoms with Gasteiger partial charge >= 0.3 is 0 Å². The molecule has 0 aromatic rings. The fourth-order valence-corrected chi connectivity index (χ4v) is 3.63. The van der Waals surface area contributed by atoms with E-state index in [1.807, 2.05) is 11.1 Å². The highest BCUT2D eigenvalue weighted by atomic mass is 32.2. The van der Waals surface area contributed by atoms with Crippen LogP contribution in [-0.2, 0) is 4.79 Å². The molecule has 17 heavy (non-hydrogen) atoms. The second kappa shape index (κ2) is 3.91. The van der Waals surface area contributed by atoms with Gasteiger partial charge in [0.1, 0.15) is 0 Å². The first kappa shape index (κ1) is 12.7. The lowest BCUT2D eigenvalue weighted by molar-refractivity contribution is -0.135. The van der Waals surface area contributed by atoms with Crippen molar-refractivity contribution >= 4 is 17.7 Å². The van der Waals surface area contributed by atoms with Gasteiger partial charge < -0.3 is 4.90 Å². The Bertz CT molecular complexity index is 390. The van der Waals surface area contributed by atoms with E-state index in [2.05, 4.69) is 52.2 Å². The lowest BCUT2D eigenvalue weighted by atomic mass is 9.82. The zero-order valence-electron chi connectivity index (χ0n) is 11.2. The van der Waals surface area contributed by atoms with Crippen molar-refractivity contribution in [3.8, 4) is 0 Å². The van der Waals surface area contributed by atoms with E-state index in [4.69, 9.17) is 0 Å². The van der Waals surface area contributed by atoms with Crippen molar-refractivity contribution in [2.45, 2.75) is 45.4 Å². The molecule has 0 spiro atoms. The van der Waals surface area contributed by atoms with Crippen molar-refractivity contribution in [1.29, 1.82) is 0 Å². The third-order valence-corrected chi connectivity index (χ3v) is 4.98. The fourth-order valence-electron chi connectivity index (χ4n) is 2.40. The predicted octanol–water partition coefficient (Wildman–Crippen LogP) is 3.41. The van der Waals surface area contributed by atoms with E-state index >= 15 is 0 Å². The van der Waals surface area contributed by atoms with Gasteiger partial charge in [0.15, 0.2) is 0 Å². The molecule has 2 rings (SSSR count). The number of carbonyl (C=O) groups excluding carboxylic acids is 1. The van der Waals surface area contributed by atoms with Gasteiger partial charge in [0.05, 0.1) is 5.92 Å².